The molecule has 0 aliphatic carbocycles. The number of ether oxygens (including phenoxy) is 1. The van der Waals surface area contributed by atoms with Gasteiger partial charge in [-0.05, 0) is 30.7 Å². The summed E-state index contributed by atoms with van der Waals surface area (Å²) in [5.41, 5.74) is 3.32. The summed E-state index contributed by atoms with van der Waals surface area (Å²) >= 11 is 0. The van der Waals surface area contributed by atoms with Gasteiger partial charge in [-0.3, -0.25) is 0 Å². The molecule has 0 aromatic heterocycles. The van der Waals surface area contributed by atoms with Crippen molar-refractivity contribution in [2.75, 3.05) is 0 Å². The predicted octanol–water partition coefficient (Wildman–Crippen LogP) is 4.21. The topological polar surface area (TPSA) is 21.3 Å². The molecule has 0 aliphatic heterocycles. The Kier molecular flexibility index (Phi) is 5.34. The normalized spacial score (nSPS) is 10.9. The predicted molar refractivity (Wildman–Crippen MR) is 83.9 cm³/mol. The summed E-state index contributed by atoms with van der Waals surface area (Å²) in [7, 11) is 0. The molecule has 21 heavy (non-hydrogen) atoms. The molecule has 0 heterocycles. The van der Waals surface area contributed by atoms with E-state index >= 15 is 0 Å². The molecule has 0 bridgehead atoms. The van der Waals surface area contributed by atoms with Crippen LogP contribution in [0.15, 0.2) is 42.5 Å². The summed E-state index contributed by atoms with van der Waals surface area (Å²) < 4.78 is 18.8. The molecule has 2 aromatic carbocycles. The summed E-state index contributed by atoms with van der Waals surface area (Å²) in [5, 5.41) is 3.41. The fourth-order valence-corrected chi connectivity index (χ4v) is 2.04. The van der Waals surface area contributed by atoms with Crippen molar-refractivity contribution in [1.29, 1.82) is 0 Å². The lowest BCUT2D eigenvalue weighted by Crippen LogP contribution is -2.22. The minimum atomic E-state index is -0.226. The molecule has 0 saturated carbocycles. The second kappa shape index (κ2) is 7.23. The van der Waals surface area contributed by atoms with E-state index in [1.165, 1.54) is 17.7 Å². The molecule has 3 heteroatoms. The first-order chi connectivity index (χ1) is 10.0. The monoisotopic (exact) mass is 287 g/mol. The molecule has 0 radical (unpaired) electrons. The van der Waals surface area contributed by atoms with Gasteiger partial charge in [-0.2, -0.15) is 0 Å². The molecule has 2 aromatic rings. The Bertz CT molecular complexity index is 578. The molecule has 0 aliphatic rings. The molecule has 112 valence electrons. The number of rotatable bonds is 6. The van der Waals surface area contributed by atoms with Crippen LogP contribution in [0.4, 0.5) is 4.39 Å². The van der Waals surface area contributed by atoms with Crippen LogP contribution < -0.4 is 10.1 Å². The van der Waals surface area contributed by atoms with E-state index in [-0.39, 0.29) is 5.82 Å². The first kappa shape index (κ1) is 15.5. The quantitative estimate of drug-likeness (QED) is 0.859. The van der Waals surface area contributed by atoms with Crippen molar-refractivity contribution in [3.8, 4) is 5.75 Å². The third-order valence-electron chi connectivity index (χ3n) is 3.22. The molecular weight excluding hydrogens is 265 g/mol. The van der Waals surface area contributed by atoms with Crippen LogP contribution in [0.2, 0.25) is 0 Å². The van der Waals surface area contributed by atoms with Crippen molar-refractivity contribution in [2.24, 2.45) is 0 Å². The molecule has 2 nitrogen and oxygen atoms in total. The van der Waals surface area contributed by atoms with Gasteiger partial charge in [0.15, 0.2) is 0 Å². The highest BCUT2D eigenvalue weighted by Gasteiger charge is 2.06. The number of nitrogens with one attached hydrogen (secondary N) is 1. The Labute approximate surface area is 126 Å². The molecule has 0 saturated heterocycles. The summed E-state index contributed by atoms with van der Waals surface area (Å²) in [6.45, 7) is 7.53. The van der Waals surface area contributed by atoms with E-state index in [1.54, 1.807) is 12.1 Å². The molecule has 0 atom stereocenters. The third kappa shape index (κ3) is 4.87. The van der Waals surface area contributed by atoms with Crippen LogP contribution in [0.25, 0.3) is 0 Å². The molecule has 0 unspecified atom stereocenters. The van der Waals surface area contributed by atoms with Gasteiger partial charge in [-0.25, -0.2) is 4.39 Å². The maximum atomic E-state index is 12.9. The van der Waals surface area contributed by atoms with Crippen LogP contribution in [0, 0.1) is 12.7 Å². The van der Waals surface area contributed by atoms with Crippen molar-refractivity contribution in [3.05, 3.63) is 65.0 Å². The van der Waals surface area contributed by atoms with Gasteiger partial charge in [0.25, 0.3) is 0 Å². The maximum Gasteiger partial charge on any atom is 0.124 e. The second-order valence-electron chi connectivity index (χ2n) is 5.56. The molecule has 0 spiro atoms. The molecule has 2 rings (SSSR count). The van der Waals surface area contributed by atoms with Gasteiger partial charge < -0.3 is 10.1 Å². The Morgan fingerprint density at radius 3 is 2.48 bits per heavy atom. The van der Waals surface area contributed by atoms with E-state index in [9.17, 15) is 4.39 Å². The SMILES string of the molecule is Cc1ccc(OCc2ccc(F)cc2)c(CNC(C)C)c1. The molecule has 1 N–H and O–H groups in total. The molecule has 0 fully saturated rings. The average molecular weight is 287 g/mol. The van der Waals surface area contributed by atoms with E-state index in [2.05, 4.69) is 32.2 Å². The summed E-state index contributed by atoms with van der Waals surface area (Å²) in [4.78, 5) is 0. The van der Waals surface area contributed by atoms with Gasteiger partial charge in [0.05, 0.1) is 0 Å². The first-order valence-corrected chi connectivity index (χ1v) is 7.25. The van der Waals surface area contributed by atoms with Gasteiger partial charge in [0.2, 0.25) is 0 Å². The van der Waals surface area contributed by atoms with Crippen LogP contribution in [0.3, 0.4) is 0 Å². The van der Waals surface area contributed by atoms with Gasteiger partial charge in [0, 0.05) is 18.2 Å². The van der Waals surface area contributed by atoms with Crippen LogP contribution in [0.1, 0.15) is 30.5 Å². The van der Waals surface area contributed by atoms with Crippen LogP contribution >= 0.6 is 0 Å². The van der Waals surface area contributed by atoms with Crippen molar-refractivity contribution in [2.45, 2.75) is 40.0 Å². The lowest BCUT2D eigenvalue weighted by atomic mass is 10.1. The van der Waals surface area contributed by atoms with E-state index in [1.807, 2.05) is 12.1 Å². The lowest BCUT2D eigenvalue weighted by molar-refractivity contribution is 0.301. The van der Waals surface area contributed by atoms with Gasteiger partial charge in [-0.1, -0.05) is 43.7 Å². The fraction of sp³-hybridized carbons (Fsp3) is 0.333. The Balaban J connectivity index is 2.06. The maximum absolute atomic E-state index is 12.9. The van der Waals surface area contributed by atoms with Crippen LogP contribution in [0.5, 0.6) is 5.75 Å². The van der Waals surface area contributed by atoms with E-state index in [4.69, 9.17) is 4.74 Å². The van der Waals surface area contributed by atoms with Gasteiger partial charge in [0.1, 0.15) is 18.2 Å². The highest BCUT2D eigenvalue weighted by Crippen LogP contribution is 2.21. The number of aryl methyl sites for hydroxylation is 1. The third-order valence-corrected chi connectivity index (χ3v) is 3.22. The highest BCUT2D eigenvalue weighted by molar-refractivity contribution is 5.37. The zero-order valence-electron chi connectivity index (χ0n) is 12.8. The molecule has 0 amide bonds. The molecular formula is C18H22FNO. The van der Waals surface area contributed by atoms with Gasteiger partial charge in [-0.15, -0.1) is 0 Å². The van der Waals surface area contributed by atoms with Crippen LogP contribution in [-0.2, 0) is 13.2 Å². The van der Waals surface area contributed by atoms with Crippen molar-refractivity contribution >= 4 is 0 Å². The highest BCUT2D eigenvalue weighted by atomic mass is 19.1. The zero-order chi connectivity index (χ0) is 15.2. The lowest BCUT2D eigenvalue weighted by Gasteiger charge is -2.14. The number of benzene rings is 2. The summed E-state index contributed by atoms with van der Waals surface area (Å²) in [6, 6.07) is 13.0. The zero-order valence-corrected chi connectivity index (χ0v) is 12.8. The fourth-order valence-electron chi connectivity index (χ4n) is 2.04. The number of hydrogen-bond acceptors (Lipinski definition) is 2. The van der Waals surface area contributed by atoms with E-state index in [0.717, 1.165) is 23.4 Å². The number of hydrogen-bond donors (Lipinski definition) is 1. The van der Waals surface area contributed by atoms with Crippen molar-refractivity contribution in [3.63, 3.8) is 0 Å². The average Bonchev–Trinajstić information content (AvgIpc) is 2.45. The second-order valence-corrected chi connectivity index (χ2v) is 5.56. The Morgan fingerprint density at radius 1 is 1.10 bits per heavy atom. The van der Waals surface area contributed by atoms with Gasteiger partial charge >= 0.3 is 0 Å². The van der Waals surface area contributed by atoms with E-state index in [0.29, 0.717) is 12.6 Å². The Hall–Kier alpha value is -1.87. The van der Waals surface area contributed by atoms with E-state index < -0.39 is 0 Å². The minimum Gasteiger partial charge on any atom is -0.489 e. The van der Waals surface area contributed by atoms with Crippen molar-refractivity contribution < 1.29 is 9.13 Å². The minimum absolute atomic E-state index is 0.226. The van der Waals surface area contributed by atoms with Crippen LogP contribution in [-0.4, -0.2) is 6.04 Å². The smallest absolute Gasteiger partial charge is 0.124 e. The standard InChI is InChI=1S/C18H22FNO/c1-13(2)20-11-16-10-14(3)4-9-18(16)21-12-15-5-7-17(19)8-6-15/h4-10,13,20H,11-12H2,1-3H3. The summed E-state index contributed by atoms with van der Waals surface area (Å²) in [5.74, 6) is 0.647. The number of halogens is 1. The summed E-state index contributed by atoms with van der Waals surface area (Å²) in [6.07, 6.45) is 0. The first-order valence-electron chi connectivity index (χ1n) is 7.25. The Morgan fingerprint density at radius 2 is 1.81 bits per heavy atom. The van der Waals surface area contributed by atoms with Crippen molar-refractivity contribution in [1.82, 2.24) is 5.32 Å². The largest absolute Gasteiger partial charge is 0.489 e.